The van der Waals surface area contributed by atoms with E-state index in [1.165, 1.54) is 0 Å². The predicted octanol–water partition coefficient (Wildman–Crippen LogP) is 1.23. The Bertz CT molecular complexity index is 982. The van der Waals surface area contributed by atoms with Crippen LogP contribution in [-0.4, -0.2) is 20.5 Å². The third-order valence-electron chi connectivity index (χ3n) is 3.20. The Balaban J connectivity index is 2.85. The average molecular weight is 394 g/mol. The second-order valence-corrected chi connectivity index (χ2v) is 6.01. The first-order valence-corrected chi connectivity index (χ1v) is 8.01. The largest absolute Gasteiger partial charge is 0.433 e. The van der Waals surface area contributed by atoms with Crippen LogP contribution in [0, 0.1) is 5.82 Å². The van der Waals surface area contributed by atoms with Gasteiger partial charge in [-0.05, 0) is 18.4 Å². The molecule has 0 radical (unpaired) electrons. The Kier molecular flexibility index (Phi) is 4.95. The lowest BCUT2D eigenvalue weighted by molar-refractivity contribution is -0.143. The van der Waals surface area contributed by atoms with Crippen molar-refractivity contribution < 1.29 is 17.6 Å². The highest BCUT2D eigenvalue weighted by molar-refractivity contribution is 7.98. The third-order valence-corrected chi connectivity index (χ3v) is 4.20. The summed E-state index contributed by atoms with van der Waals surface area (Å²) in [5, 5.41) is 0. The van der Waals surface area contributed by atoms with Crippen LogP contribution in [0.25, 0.3) is 5.69 Å². The topological polar surface area (TPSA) is 96.0 Å². The van der Waals surface area contributed by atoms with Crippen LogP contribution in [0.3, 0.4) is 0 Å². The van der Waals surface area contributed by atoms with Crippen molar-refractivity contribution in [2.24, 2.45) is 5.73 Å². The van der Waals surface area contributed by atoms with E-state index in [4.69, 9.17) is 23.8 Å². The van der Waals surface area contributed by atoms with Gasteiger partial charge >= 0.3 is 11.9 Å². The lowest BCUT2D eigenvalue weighted by Crippen LogP contribution is -2.45. The van der Waals surface area contributed by atoms with Crippen molar-refractivity contribution in [2.75, 3.05) is 12.1 Å². The summed E-state index contributed by atoms with van der Waals surface area (Å²) in [6.45, 7) is 0. The van der Waals surface area contributed by atoms with Crippen LogP contribution in [-0.2, 0) is 6.18 Å². The number of thiocarbonyl (C=S) groups is 1. The fraction of sp³-hybridized carbons (Fsp3) is 0.154. The maximum absolute atomic E-state index is 14.3. The number of nitrogen functional groups attached to an aromatic ring is 1. The van der Waals surface area contributed by atoms with E-state index in [0.29, 0.717) is 4.90 Å². The fourth-order valence-electron chi connectivity index (χ4n) is 2.07. The van der Waals surface area contributed by atoms with Gasteiger partial charge in [0.1, 0.15) is 10.8 Å². The number of nitrogens with zero attached hydrogens (tertiary/aromatic N) is 2. The summed E-state index contributed by atoms with van der Waals surface area (Å²) in [7, 11) is 0. The molecule has 0 unspecified atom stereocenters. The summed E-state index contributed by atoms with van der Waals surface area (Å²) >= 11 is 5.88. The zero-order valence-electron chi connectivity index (χ0n) is 12.4. The highest BCUT2D eigenvalue weighted by Gasteiger charge is 2.36. The molecule has 2 aromatic rings. The van der Waals surface area contributed by atoms with Crippen LogP contribution < -0.4 is 22.8 Å². The molecule has 0 aliphatic heterocycles. The van der Waals surface area contributed by atoms with Gasteiger partial charge < -0.3 is 11.6 Å². The number of halogens is 4. The van der Waals surface area contributed by atoms with Gasteiger partial charge in [0.05, 0.1) is 5.69 Å². The van der Waals surface area contributed by atoms with Gasteiger partial charge in [-0.25, -0.2) is 18.4 Å². The fourth-order valence-corrected chi connectivity index (χ4v) is 2.92. The summed E-state index contributed by atoms with van der Waals surface area (Å²) in [5.41, 5.74) is 0.495. The van der Waals surface area contributed by atoms with Crippen molar-refractivity contribution >= 4 is 29.0 Å². The number of nitrogens with two attached hydrogens (primary N) is 2. The zero-order chi connectivity index (χ0) is 19.1. The molecule has 0 spiro atoms. The number of rotatable bonds is 3. The SMILES string of the molecule is CSc1cc(-n2c(=O)cc(C(F)(F)F)n(N)c2=O)c(F)cc1C(N)=S. The van der Waals surface area contributed by atoms with Gasteiger partial charge in [0.15, 0.2) is 5.69 Å². The smallest absolute Gasteiger partial charge is 0.389 e. The predicted molar refractivity (Wildman–Crippen MR) is 89.1 cm³/mol. The van der Waals surface area contributed by atoms with Crippen molar-refractivity contribution in [3.63, 3.8) is 0 Å². The van der Waals surface area contributed by atoms with Crippen molar-refractivity contribution in [2.45, 2.75) is 11.1 Å². The van der Waals surface area contributed by atoms with Crippen molar-refractivity contribution in [1.82, 2.24) is 9.24 Å². The van der Waals surface area contributed by atoms with Crippen molar-refractivity contribution in [1.29, 1.82) is 0 Å². The minimum atomic E-state index is -5.02. The van der Waals surface area contributed by atoms with Crippen LogP contribution in [0.15, 0.2) is 32.7 Å². The maximum Gasteiger partial charge on any atom is 0.433 e. The number of thioether (sulfide) groups is 1. The van der Waals surface area contributed by atoms with Gasteiger partial charge in [-0.1, -0.05) is 12.2 Å². The molecule has 1 aromatic carbocycles. The van der Waals surface area contributed by atoms with Crippen molar-refractivity contribution in [3.05, 3.63) is 56.1 Å². The third kappa shape index (κ3) is 3.39. The van der Waals surface area contributed by atoms with E-state index in [1.54, 1.807) is 6.26 Å². The van der Waals surface area contributed by atoms with Crippen LogP contribution in [0.1, 0.15) is 11.3 Å². The van der Waals surface area contributed by atoms with E-state index in [-0.39, 0.29) is 25.9 Å². The van der Waals surface area contributed by atoms with E-state index >= 15 is 0 Å². The average Bonchev–Trinajstić information content (AvgIpc) is 2.50. The quantitative estimate of drug-likeness (QED) is 0.352. The summed E-state index contributed by atoms with van der Waals surface area (Å²) in [5.74, 6) is 4.06. The number of hydrogen-bond acceptors (Lipinski definition) is 5. The highest BCUT2D eigenvalue weighted by Crippen LogP contribution is 2.28. The molecular weight excluding hydrogens is 384 g/mol. The molecule has 0 aliphatic rings. The van der Waals surface area contributed by atoms with Crippen LogP contribution in [0.5, 0.6) is 0 Å². The Morgan fingerprint density at radius 3 is 2.32 bits per heavy atom. The molecule has 4 N–H and O–H groups in total. The van der Waals surface area contributed by atoms with Crippen molar-refractivity contribution in [3.8, 4) is 5.69 Å². The first-order chi connectivity index (χ1) is 11.5. The van der Waals surface area contributed by atoms with Gasteiger partial charge in [0.2, 0.25) is 0 Å². The van der Waals surface area contributed by atoms with E-state index in [0.717, 1.165) is 23.9 Å². The van der Waals surface area contributed by atoms with E-state index in [1.807, 2.05) is 0 Å². The molecule has 1 heterocycles. The lowest BCUT2D eigenvalue weighted by Gasteiger charge is -2.15. The van der Waals surface area contributed by atoms with Gasteiger partial charge in [-0.2, -0.15) is 13.2 Å². The molecular formula is C13H10F4N4O2S2. The molecule has 0 fully saturated rings. The second kappa shape index (κ2) is 6.52. The Hall–Kier alpha value is -2.34. The lowest BCUT2D eigenvalue weighted by atomic mass is 10.2. The maximum atomic E-state index is 14.3. The molecule has 12 heteroatoms. The van der Waals surface area contributed by atoms with E-state index in [2.05, 4.69) is 0 Å². The Labute approximate surface area is 147 Å². The molecule has 1 aromatic heterocycles. The van der Waals surface area contributed by atoms with E-state index in [9.17, 15) is 27.2 Å². The van der Waals surface area contributed by atoms with Gasteiger partial charge in [-0.15, -0.1) is 11.8 Å². The molecule has 0 amide bonds. The monoisotopic (exact) mass is 394 g/mol. The summed E-state index contributed by atoms with van der Waals surface area (Å²) in [6, 6.07) is 2.10. The van der Waals surface area contributed by atoms with Gasteiger partial charge in [0.25, 0.3) is 5.56 Å². The molecule has 0 bridgehead atoms. The Morgan fingerprint density at radius 2 is 1.84 bits per heavy atom. The number of hydrogen-bond donors (Lipinski definition) is 2. The number of benzene rings is 1. The standard InChI is InChI=1S/C13H10F4N4O2S2/c1-25-8-3-7(6(14)2-5(8)11(18)24)20-10(22)4-9(13(15,16)17)21(19)12(20)23/h2-4H,19H2,1H3,(H2,18,24). The molecule has 0 saturated heterocycles. The minimum Gasteiger partial charge on any atom is -0.389 e. The van der Waals surface area contributed by atoms with E-state index < -0.39 is 34.6 Å². The first kappa shape index (κ1) is 19.0. The molecule has 2 rings (SSSR count). The number of alkyl halides is 3. The Morgan fingerprint density at radius 1 is 1.24 bits per heavy atom. The van der Waals surface area contributed by atoms with Gasteiger partial charge in [0, 0.05) is 16.5 Å². The van der Waals surface area contributed by atoms with Gasteiger partial charge in [-0.3, -0.25) is 4.79 Å². The second-order valence-electron chi connectivity index (χ2n) is 4.72. The minimum absolute atomic E-state index is 0.112. The first-order valence-electron chi connectivity index (χ1n) is 6.38. The summed E-state index contributed by atoms with van der Waals surface area (Å²) in [6.07, 6.45) is -3.42. The molecule has 134 valence electrons. The molecule has 25 heavy (non-hydrogen) atoms. The molecule has 0 atom stereocenters. The number of aromatic nitrogens is 2. The zero-order valence-corrected chi connectivity index (χ0v) is 14.1. The molecule has 0 saturated carbocycles. The molecule has 0 aliphatic carbocycles. The molecule has 6 nitrogen and oxygen atoms in total. The summed E-state index contributed by atoms with van der Waals surface area (Å²) in [4.78, 5) is 24.3. The van der Waals surface area contributed by atoms with Crippen LogP contribution >= 0.6 is 24.0 Å². The highest BCUT2D eigenvalue weighted by atomic mass is 32.2. The van der Waals surface area contributed by atoms with Crippen LogP contribution in [0.4, 0.5) is 17.6 Å². The van der Waals surface area contributed by atoms with Crippen LogP contribution in [0.2, 0.25) is 0 Å². The normalized spacial score (nSPS) is 11.6. The summed E-state index contributed by atoms with van der Waals surface area (Å²) < 4.78 is 52.6.